The number of nitrogens with zero attached hydrogens (tertiary/aromatic N) is 2. The molecular formula is C27H39FN2O6. The van der Waals surface area contributed by atoms with E-state index in [0.717, 1.165) is 46.6 Å². The Kier molecular flexibility index (Phi) is 9.27. The van der Waals surface area contributed by atoms with Crippen LogP contribution in [-0.2, 0) is 20.8 Å². The Morgan fingerprint density at radius 2 is 1.64 bits per heavy atom. The van der Waals surface area contributed by atoms with Crippen molar-refractivity contribution in [2.24, 2.45) is 0 Å². The largest absolute Gasteiger partial charge is 0.394 e. The van der Waals surface area contributed by atoms with Crippen LogP contribution < -0.4 is 11.2 Å². The van der Waals surface area contributed by atoms with Gasteiger partial charge in [0.1, 0.15) is 18.3 Å². The lowest BCUT2D eigenvalue weighted by Gasteiger charge is -2.24. The molecule has 9 heteroatoms. The van der Waals surface area contributed by atoms with Gasteiger partial charge in [-0.25, -0.2) is 4.79 Å². The number of hydrogen-bond acceptors (Lipinski definition) is 6. The number of aliphatic hydroxyl groups is 1. The number of ether oxygens (including phenoxy) is 3. The monoisotopic (exact) mass is 506 g/mol. The summed E-state index contributed by atoms with van der Waals surface area (Å²) in [5, 5.41) is 9.69. The summed E-state index contributed by atoms with van der Waals surface area (Å²) in [4.78, 5) is 25.7. The molecule has 0 aromatic carbocycles. The van der Waals surface area contributed by atoms with Gasteiger partial charge in [0.05, 0.1) is 12.8 Å². The van der Waals surface area contributed by atoms with E-state index in [1.54, 1.807) is 19.9 Å². The van der Waals surface area contributed by atoms with E-state index in [-0.39, 0.29) is 13.2 Å². The number of fused-ring (bicyclic) bond motifs is 1. The van der Waals surface area contributed by atoms with Gasteiger partial charge in [-0.15, -0.1) is 0 Å². The molecule has 4 atom stereocenters. The quantitative estimate of drug-likeness (QED) is 0.483. The number of aromatic nitrogens is 2. The van der Waals surface area contributed by atoms with E-state index in [0.29, 0.717) is 0 Å². The van der Waals surface area contributed by atoms with Crippen LogP contribution in [0.2, 0.25) is 0 Å². The van der Waals surface area contributed by atoms with Gasteiger partial charge in [0.2, 0.25) is 5.82 Å². The van der Waals surface area contributed by atoms with Gasteiger partial charge in [0, 0.05) is 6.54 Å². The lowest BCUT2D eigenvalue weighted by Crippen LogP contribution is -2.44. The molecule has 0 amide bonds. The molecule has 3 rings (SSSR count). The second kappa shape index (κ2) is 11.8. The van der Waals surface area contributed by atoms with Gasteiger partial charge in [-0.05, 0) is 67.2 Å². The molecule has 0 radical (unpaired) electrons. The van der Waals surface area contributed by atoms with Gasteiger partial charge < -0.3 is 19.3 Å². The van der Waals surface area contributed by atoms with Crippen molar-refractivity contribution in [3.8, 4) is 0 Å². The van der Waals surface area contributed by atoms with Crippen LogP contribution >= 0.6 is 0 Å². The lowest BCUT2D eigenvalue weighted by molar-refractivity contribution is -0.200. The van der Waals surface area contributed by atoms with Crippen LogP contribution in [0, 0.1) is 5.82 Å². The Bertz CT molecular complexity index is 1140. The molecule has 2 aliphatic heterocycles. The van der Waals surface area contributed by atoms with E-state index in [4.69, 9.17) is 14.2 Å². The normalized spacial score (nSPS) is 25.8. The van der Waals surface area contributed by atoms with Crippen molar-refractivity contribution in [2.75, 3.05) is 6.61 Å². The summed E-state index contributed by atoms with van der Waals surface area (Å²) in [6.07, 6.45) is 7.57. The Morgan fingerprint density at radius 1 is 1.03 bits per heavy atom. The summed E-state index contributed by atoms with van der Waals surface area (Å²) in [6.45, 7) is 11.3. The fourth-order valence-corrected chi connectivity index (χ4v) is 4.55. The predicted octanol–water partition coefficient (Wildman–Crippen LogP) is 3.98. The third-order valence-electron chi connectivity index (χ3n) is 6.48. The topological polar surface area (TPSA) is 91.9 Å². The van der Waals surface area contributed by atoms with Crippen molar-refractivity contribution >= 4 is 0 Å². The van der Waals surface area contributed by atoms with E-state index in [9.17, 15) is 19.1 Å². The van der Waals surface area contributed by atoms with Crippen molar-refractivity contribution in [3.63, 3.8) is 0 Å². The van der Waals surface area contributed by atoms with Crippen LogP contribution in [0.5, 0.6) is 0 Å². The summed E-state index contributed by atoms with van der Waals surface area (Å²) >= 11 is 0. The van der Waals surface area contributed by atoms with Gasteiger partial charge in [-0.3, -0.25) is 13.9 Å². The zero-order valence-electron chi connectivity index (χ0n) is 22.1. The highest BCUT2D eigenvalue weighted by Gasteiger charge is 2.56. The van der Waals surface area contributed by atoms with E-state index in [1.807, 2.05) is 6.92 Å². The van der Waals surface area contributed by atoms with Crippen LogP contribution in [0.1, 0.15) is 73.5 Å². The molecule has 200 valence electrons. The van der Waals surface area contributed by atoms with Crippen LogP contribution in [-0.4, -0.2) is 44.9 Å². The van der Waals surface area contributed by atoms with E-state index < -0.39 is 47.4 Å². The van der Waals surface area contributed by atoms with Crippen molar-refractivity contribution in [1.29, 1.82) is 0 Å². The molecule has 2 saturated heterocycles. The minimum atomic E-state index is -1.07. The van der Waals surface area contributed by atoms with Crippen LogP contribution in [0.3, 0.4) is 0 Å². The molecule has 0 spiro atoms. The third kappa shape index (κ3) is 6.70. The summed E-state index contributed by atoms with van der Waals surface area (Å²) in [7, 11) is 0. The molecule has 2 fully saturated rings. The molecule has 8 nitrogen and oxygen atoms in total. The molecular weight excluding hydrogens is 467 g/mol. The summed E-state index contributed by atoms with van der Waals surface area (Å²) in [6, 6.07) is 0. The second-order valence-corrected chi connectivity index (χ2v) is 10.4. The van der Waals surface area contributed by atoms with Gasteiger partial charge in [0.25, 0.3) is 5.56 Å². The standard InChI is InChI=1S/C27H39FN2O6/c1-17(2)9-7-10-18(3)11-8-12-19(4)13-14-29-24(32)20(28)15-30(26(29)33)25-23-22(21(16-31)34-25)35-27(5,6)36-23/h9,11,13,15,21-23,25,31H,7-8,10,12,14,16H2,1-6H3/b18-11+,19-13+/t21-,22+,23+,25-/m1/s1. The minimum absolute atomic E-state index is 0.0579. The number of allylic oxidation sites excluding steroid dienone is 6. The minimum Gasteiger partial charge on any atom is -0.394 e. The zero-order valence-corrected chi connectivity index (χ0v) is 22.1. The molecule has 1 aromatic heterocycles. The molecule has 0 unspecified atom stereocenters. The van der Waals surface area contributed by atoms with Gasteiger partial charge in [-0.1, -0.05) is 34.9 Å². The fraction of sp³-hybridized carbons (Fsp3) is 0.630. The molecule has 1 N–H and O–H groups in total. The highest BCUT2D eigenvalue weighted by atomic mass is 19.1. The third-order valence-corrected chi connectivity index (χ3v) is 6.48. The molecule has 0 bridgehead atoms. The predicted molar refractivity (Wildman–Crippen MR) is 135 cm³/mol. The van der Waals surface area contributed by atoms with Crippen LogP contribution in [0.15, 0.2) is 50.7 Å². The van der Waals surface area contributed by atoms with Crippen LogP contribution in [0.25, 0.3) is 0 Å². The lowest BCUT2D eigenvalue weighted by atomic mass is 10.1. The highest BCUT2D eigenvalue weighted by molar-refractivity contribution is 5.06. The van der Waals surface area contributed by atoms with E-state index in [1.165, 1.54) is 11.1 Å². The summed E-state index contributed by atoms with van der Waals surface area (Å²) < 4.78 is 34.0. The maximum atomic E-state index is 14.6. The zero-order chi connectivity index (χ0) is 26.6. The number of aliphatic hydroxyl groups excluding tert-OH is 1. The Morgan fingerprint density at radius 3 is 2.28 bits per heavy atom. The average molecular weight is 507 g/mol. The average Bonchev–Trinajstić information content (AvgIpc) is 3.28. The first-order valence-electron chi connectivity index (χ1n) is 12.5. The van der Waals surface area contributed by atoms with E-state index >= 15 is 0 Å². The SMILES string of the molecule is CC(C)=CCC/C(C)=C/CC/C(C)=C/Cn1c(=O)c(F)cn([C@@H]2O[C@H](CO)[C@@H]3OC(C)(C)O[C@@H]32)c1=O. The number of hydrogen-bond donors (Lipinski definition) is 1. The van der Waals surface area contributed by atoms with Gasteiger partial charge in [-0.2, -0.15) is 4.39 Å². The van der Waals surface area contributed by atoms with Crippen molar-refractivity contribution < 1.29 is 23.7 Å². The number of rotatable bonds is 10. The van der Waals surface area contributed by atoms with Gasteiger partial charge in [0.15, 0.2) is 12.0 Å². The molecule has 1 aromatic rings. The van der Waals surface area contributed by atoms with E-state index in [2.05, 4.69) is 32.9 Å². The molecule has 0 aliphatic carbocycles. The maximum Gasteiger partial charge on any atom is 0.333 e. The second-order valence-electron chi connectivity index (χ2n) is 10.4. The molecule has 2 aliphatic rings. The molecule has 0 saturated carbocycles. The molecule has 3 heterocycles. The summed E-state index contributed by atoms with van der Waals surface area (Å²) in [5.74, 6) is -2.01. The van der Waals surface area contributed by atoms with Crippen molar-refractivity contribution in [2.45, 2.75) is 104 Å². The Hall–Kier alpha value is -2.33. The molecule has 36 heavy (non-hydrogen) atoms. The first-order valence-corrected chi connectivity index (χ1v) is 12.5. The summed E-state index contributed by atoms with van der Waals surface area (Å²) in [5.41, 5.74) is 1.93. The van der Waals surface area contributed by atoms with Crippen LogP contribution in [0.4, 0.5) is 4.39 Å². The van der Waals surface area contributed by atoms with Gasteiger partial charge >= 0.3 is 5.69 Å². The highest BCUT2D eigenvalue weighted by Crippen LogP contribution is 2.42. The number of halogens is 1. The smallest absolute Gasteiger partial charge is 0.333 e. The Labute approximate surface area is 211 Å². The van der Waals surface area contributed by atoms with Crippen molar-refractivity contribution in [1.82, 2.24) is 9.13 Å². The van der Waals surface area contributed by atoms with Crippen molar-refractivity contribution in [3.05, 3.63) is 67.8 Å². The first-order chi connectivity index (χ1) is 16.9. The fourth-order valence-electron chi connectivity index (χ4n) is 4.55. The first kappa shape index (κ1) is 28.2. The Balaban J connectivity index is 1.74. The maximum absolute atomic E-state index is 14.6.